The van der Waals surface area contributed by atoms with Gasteiger partial charge in [-0.3, -0.25) is 4.79 Å². The Morgan fingerprint density at radius 1 is 1.38 bits per heavy atom. The second-order valence-electron chi connectivity index (χ2n) is 5.50. The number of nitrogens with one attached hydrogen (secondary N) is 1. The lowest BCUT2D eigenvalue weighted by Gasteiger charge is -2.33. The predicted molar refractivity (Wildman–Crippen MR) is 77.5 cm³/mol. The quantitative estimate of drug-likeness (QED) is 0.886. The third-order valence-corrected chi connectivity index (χ3v) is 3.78. The summed E-state index contributed by atoms with van der Waals surface area (Å²) in [6.45, 7) is 3.88. The van der Waals surface area contributed by atoms with Crippen LogP contribution in [0, 0.1) is 0 Å². The first-order chi connectivity index (χ1) is 11.4. The molecule has 1 aliphatic rings. The van der Waals surface area contributed by atoms with Crippen molar-refractivity contribution in [3.05, 3.63) is 35.8 Å². The molecule has 0 spiro atoms. The minimum absolute atomic E-state index is 0.0283. The van der Waals surface area contributed by atoms with Gasteiger partial charge in [0.25, 0.3) is 5.91 Å². The molecule has 7 nitrogen and oxygen atoms in total. The van der Waals surface area contributed by atoms with E-state index in [0.717, 1.165) is 12.3 Å². The highest BCUT2D eigenvalue weighted by molar-refractivity contribution is 5.92. The van der Waals surface area contributed by atoms with Crippen LogP contribution in [-0.4, -0.2) is 56.5 Å². The third-order valence-electron chi connectivity index (χ3n) is 3.78. The summed E-state index contributed by atoms with van der Waals surface area (Å²) in [6, 6.07) is 2.11. The number of hydrogen-bond acceptors (Lipinski definition) is 5. The molecule has 2 aromatic rings. The topological polar surface area (TPSA) is 75.9 Å². The smallest absolute Gasteiger partial charge is 0.332 e. The number of aromatic nitrogens is 4. The van der Waals surface area contributed by atoms with Crippen LogP contribution in [0.4, 0.5) is 13.2 Å². The average Bonchev–Trinajstić information content (AvgIpc) is 3.04. The molecule has 0 aromatic carbocycles. The fourth-order valence-electron chi connectivity index (χ4n) is 2.45. The molecule has 0 saturated carbocycles. The molecule has 24 heavy (non-hydrogen) atoms. The van der Waals surface area contributed by atoms with Gasteiger partial charge in [-0.2, -0.15) is 13.2 Å². The average molecular weight is 340 g/mol. The van der Waals surface area contributed by atoms with Crippen molar-refractivity contribution in [1.29, 1.82) is 0 Å². The summed E-state index contributed by atoms with van der Waals surface area (Å²) in [4.78, 5) is 17.9. The largest absolute Gasteiger partial charge is 0.417 e. The second-order valence-corrected chi connectivity index (χ2v) is 5.50. The van der Waals surface area contributed by atoms with Gasteiger partial charge >= 0.3 is 6.18 Å². The van der Waals surface area contributed by atoms with Crippen molar-refractivity contribution in [2.24, 2.45) is 0 Å². The third kappa shape index (κ3) is 3.23. The Bertz CT molecular complexity index is 727. The lowest BCUT2D eigenvalue weighted by molar-refractivity contribution is -0.137. The Balaban J connectivity index is 1.79. The highest BCUT2D eigenvalue weighted by Gasteiger charge is 2.31. The molecular weight excluding hydrogens is 325 g/mol. The molecule has 0 aliphatic carbocycles. The van der Waals surface area contributed by atoms with Crippen molar-refractivity contribution < 1.29 is 18.0 Å². The van der Waals surface area contributed by atoms with Crippen molar-refractivity contribution in [3.63, 3.8) is 0 Å². The maximum absolute atomic E-state index is 12.5. The number of rotatable bonds is 2. The Morgan fingerprint density at radius 2 is 2.17 bits per heavy atom. The van der Waals surface area contributed by atoms with E-state index in [-0.39, 0.29) is 23.5 Å². The predicted octanol–water partition coefficient (Wildman–Crippen LogP) is 1.11. The molecule has 2 aromatic heterocycles. The molecule has 3 heterocycles. The molecule has 1 aliphatic heterocycles. The first kappa shape index (κ1) is 16.4. The van der Waals surface area contributed by atoms with Gasteiger partial charge in [0.1, 0.15) is 0 Å². The van der Waals surface area contributed by atoms with Crippen LogP contribution in [0.5, 0.6) is 0 Å². The van der Waals surface area contributed by atoms with E-state index in [1.807, 2.05) is 6.92 Å². The van der Waals surface area contributed by atoms with Crippen LogP contribution < -0.4 is 5.32 Å². The van der Waals surface area contributed by atoms with Gasteiger partial charge in [-0.15, -0.1) is 5.10 Å². The first-order valence-corrected chi connectivity index (χ1v) is 7.34. The van der Waals surface area contributed by atoms with Gasteiger partial charge in [-0.05, 0) is 19.1 Å². The normalized spacial score (nSPS) is 18.7. The Hall–Kier alpha value is -2.49. The van der Waals surface area contributed by atoms with E-state index in [0.29, 0.717) is 19.6 Å². The number of nitrogens with zero attached hydrogens (tertiary/aromatic N) is 5. The van der Waals surface area contributed by atoms with E-state index in [1.54, 1.807) is 4.90 Å². The second kappa shape index (κ2) is 6.19. The zero-order chi connectivity index (χ0) is 17.3. The number of piperazine rings is 1. The van der Waals surface area contributed by atoms with Gasteiger partial charge in [-0.1, -0.05) is 5.21 Å². The summed E-state index contributed by atoms with van der Waals surface area (Å²) in [6.07, 6.45) is -2.36. The molecule has 1 fully saturated rings. The molecule has 1 amide bonds. The van der Waals surface area contributed by atoms with Crippen molar-refractivity contribution >= 4 is 5.91 Å². The molecule has 128 valence electrons. The van der Waals surface area contributed by atoms with Gasteiger partial charge < -0.3 is 10.2 Å². The maximum Gasteiger partial charge on any atom is 0.417 e. The minimum atomic E-state index is -4.45. The molecule has 0 radical (unpaired) electrons. The molecular formula is C14H15F3N6O. The van der Waals surface area contributed by atoms with Crippen molar-refractivity contribution in [2.45, 2.75) is 19.1 Å². The van der Waals surface area contributed by atoms with E-state index < -0.39 is 11.7 Å². The lowest BCUT2D eigenvalue weighted by Crippen LogP contribution is -2.52. The summed E-state index contributed by atoms with van der Waals surface area (Å²) >= 11 is 0. The minimum Gasteiger partial charge on any atom is -0.332 e. The molecule has 0 unspecified atom stereocenters. The summed E-state index contributed by atoms with van der Waals surface area (Å²) in [5.74, 6) is -0.106. The highest BCUT2D eigenvalue weighted by Crippen LogP contribution is 2.28. The Kier molecular flexibility index (Phi) is 4.22. The Labute approximate surface area is 135 Å². The van der Waals surface area contributed by atoms with E-state index in [1.165, 1.54) is 16.9 Å². The number of alkyl halides is 3. The van der Waals surface area contributed by atoms with Crippen LogP contribution in [0.3, 0.4) is 0 Å². The molecule has 0 bridgehead atoms. The van der Waals surface area contributed by atoms with Crippen LogP contribution >= 0.6 is 0 Å². The van der Waals surface area contributed by atoms with Gasteiger partial charge in [0.2, 0.25) is 0 Å². The van der Waals surface area contributed by atoms with E-state index >= 15 is 0 Å². The fraction of sp³-hybridized carbons (Fsp3) is 0.429. The number of amides is 1. The van der Waals surface area contributed by atoms with Gasteiger partial charge in [0.15, 0.2) is 11.5 Å². The van der Waals surface area contributed by atoms with Crippen LogP contribution in [0.2, 0.25) is 0 Å². The van der Waals surface area contributed by atoms with Crippen LogP contribution in [0.25, 0.3) is 5.82 Å². The number of carbonyl (C=O) groups excluding carboxylic acids is 1. The molecule has 1 atom stereocenters. The zero-order valence-electron chi connectivity index (χ0n) is 12.8. The molecule has 10 heteroatoms. The molecule has 1 saturated heterocycles. The summed E-state index contributed by atoms with van der Waals surface area (Å²) in [7, 11) is 0. The highest BCUT2D eigenvalue weighted by atomic mass is 19.4. The van der Waals surface area contributed by atoms with Crippen LogP contribution in [-0.2, 0) is 6.18 Å². The number of carbonyl (C=O) groups is 1. The van der Waals surface area contributed by atoms with Gasteiger partial charge in [-0.25, -0.2) is 9.67 Å². The number of halogens is 3. The monoisotopic (exact) mass is 340 g/mol. The Morgan fingerprint density at radius 3 is 2.79 bits per heavy atom. The van der Waals surface area contributed by atoms with Gasteiger partial charge in [0, 0.05) is 31.9 Å². The molecule has 1 N–H and O–H groups in total. The van der Waals surface area contributed by atoms with Gasteiger partial charge in [0.05, 0.1) is 11.8 Å². The zero-order valence-corrected chi connectivity index (χ0v) is 12.8. The van der Waals surface area contributed by atoms with E-state index in [2.05, 4.69) is 20.6 Å². The molecule has 3 rings (SSSR count). The van der Waals surface area contributed by atoms with Crippen LogP contribution in [0.15, 0.2) is 24.5 Å². The lowest BCUT2D eigenvalue weighted by atomic mass is 10.2. The van der Waals surface area contributed by atoms with Crippen molar-refractivity contribution in [1.82, 2.24) is 30.2 Å². The van der Waals surface area contributed by atoms with E-state index in [4.69, 9.17) is 0 Å². The fourth-order valence-corrected chi connectivity index (χ4v) is 2.45. The van der Waals surface area contributed by atoms with Crippen molar-refractivity contribution in [2.75, 3.05) is 19.6 Å². The standard InChI is InChI=1S/C14H15F3N6O/c1-9-6-18-4-5-22(9)13(24)11-8-23(21-20-11)12-3-2-10(7-19-12)14(15,16)17/h2-3,7-9,18H,4-6H2,1H3/t9-/m0/s1. The number of pyridine rings is 1. The SMILES string of the molecule is C[C@H]1CNCCN1C(=O)c1cn(-c2ccc(C(F)(F)F)cn2)nn1. The number of hydrogen-bond donors (Lipinski definition) is 1. The summed E-state index contributed by atoms with van der Waals surface area (Å²) < 4.78 is 38.8. The van der Waals surface area contributed by atoms with E-state index in [9.17, 15) is 18.0 Å². The maximum atomic E-state index is 12.5. The van der Waals surface area contributed by atoms with Crippen LogP contribution in [0.1, 0.15) is 23.0 Å². The van der Waals surface area contributed by atoms with Crippen molar-refractivity contribution in [3.8, 4) is 5.82 Å². The summed E-state index contributed by atoms with van der Waals surface area (Å²) in [5.41, 5.74) is -0.720. The summed E-state index contributed by atoms with van der Waals surface area (Å²) in [5, 5.41) is 10.8. The first-order valence-electron chi connectivity index (χ1n) is 7.34.